The second-order valence-electron chi connectivity index (χ2n) is 6.00. The van der Waals surface area contributed by atoms with Gasteiger partial charge in [-0.25, -0.2) is 0 Å². The third-order valence-electron chi connectivity index (χ3n) is 3.32. The van der Waals surface area contributed by atoms with Crippen LogP contribution >= 0.6 is 0 Å². The fourth-order valence-electron chi connectivity index (χ4n) is 1.65. The van der Waals surface area contributed by atoms with Crippen LogP contribution in [-0.4, -0.2) is 83.5 Å². The van der Waals surface area contributed by atoms with Crippen LogP contribution < -0.4 is 10.6 Å². The van der Waals surface area contributed by atoms with Crippen molar-refractivity contribution in [2.24, 2.45) is 5.92 Å². The number of ether oxygens (including phenoxy) is 4. The van der Waals surface area contributed by atoms with Gasteiger partial charge in [-0.05, 0) is 0 Å². The second kappa shape index (κ2) is 17.8. The molecule has 0 aliphatic heterocycles. The summed E-state index contributed by atoms with van der Waals surface area (Å²) < 4.78 is 20.9. The fourth-order valence-corrected chi connectivity index (χ4v) is 1.65. The molecular weight excluding hydrogens is 356 g/mol. The van der Waals surface area contributed by atoms with Gasteiger partial charge in [-0.15, -0.1) is 0 Å². The lowest BCUT2D eigenvalue weighted by atomic mass is 10.1. The van der Waals surface area contributed by atoms with Crippen molar-refractivity contribution in [1.82, 2.24) is 10.6 Å². The molecule has 0 atom stereocenters. The molecule has 0 aliphatic carbocycles. The van der Waals surface area contributed by atoms with Crippen LogP contribution in [-0.2, 0) is 33.3 Å². The number of Topliss-reactive ketones (excluding diaryl/α,β-unsaturated/α-hetero) is 1. The first-order valence-corrected chi connectivity index (χ1v) is 9.34. The molecule has 9 nitrogen and oxygen atoms in total. The molecule has 2 N–H and O–H groups in total. The van der Waals surface area contributed by atoms with E-state index in [9.17, 15) is 14.4 Å². The molecule has 0 aromatic heterocycles. The van der Waals surface area contributed by atoms with E-state index < -0.39 is 0 Å². The molecule has 0 fully saturated rings. The van der Waals surface area contributed by atoms with Crippen molar-refractivity contribution in [2.45, 2.75) is 27.2 Å². The molecule has 0 aromatic carbocycles. The molecule has 0 aliphatic rings. The Balaban J connectivity index is 3.28. The Morgan fingerprint density at radius 3 is 1.70 bits per heavy atom. The highest BCUT2D eigenvalue weighted by atomic mass is 16.5. The predicted octanol–water partition coefficient (Wildman–Crippen LogP) is -0.0797. The van der Waals surface area contributed by atoms with Crippen molar-refractivity contribution >= 4 is 17.6 Å². The van der Waals surface area contributed by atoms with Gasteiger partial charge in [-0.2, -0.15) is 0 Å². The van der Waals surface area contributed by atoms with E-state index >= 15 is 0 Å². The van der Waals surface area contributed by atoms with E-state index in [4.69, 9.17) is 18.9 Å². The second-order valence-corrected chi connectivity index (χ2v) is 6.00. The summed E-state index contributed by atoms with van der Waals surface area (Å²) in [5, 5.41) is 5.36. The summed E-state index contributed by atoms with van der Waals surface area (Å²) in [5.41, 5.74) is 0. The number of carbonyl (C=O) groups is 3. The lowest BCUT2D eigenvalue weighted by molar-refractivity contribution is -0.128. The molecule has 2 amide bonds. The summed E-state index contributed by atoms with van der Waals surface area (Å²) in [6.07, 6.45) is 0.455. The molecule has 158 valence electrons. The van der Waals surface area contributed by atoms with Crippen molar-refractivity contribution in [2.75, 3.05) is 65.9 Å². The summed E-state index contributed by atoms with van der Waals surface area (Å²) in [5.74, 6) is -0.198. The number of ketones is 1. The van der Waals surface area contributed by atoms with E-state index in [1.807, 2.05) is 13.8 Å². The van der Waals surface area contributed by atoms with Crippen LogP contribution in [0.15, 0.2) is 0 Å². The molecule has 0 radical (unpaired) electrons. The van der Waals surface area contributed by atoms with Crippen LogP contribution in [0, 0.1) is 5.92 Å². The first-order valence-electron chi connectivity index (χ1n) is 9.34. The highest BCUT2D eigenvalue weighted by Gasteiger charge is 2.06. The van der Waals surface area contributed by atoms with Crippen LogP contribution in [0.5, 0.6) is 0 Å². The largest absolute Gasteiger partial charge is 0.377 e. The summed E-state index contributed by atoms with van der Waals surface area (Å²) in [4.78, 5) is 33.8. The van der Waals surface area contributed by atoms with Gasteiger partial charge in [0.05, 0.1) is 39.6 Å². The van der Waals surface area contributed by atoms with Crippen LogP contribution in [0.2, 0.25) is 0 Å². The molecule has 0 bridgehead atoms. The minimum atomic E-state index is -0.229. The van der Waals surface area contributed by atoms with Crippen molar-refractivity contribution in [3.05, 3.63) is 0 Å². The van der Waals surface area contributed by atoms with Crippen molar-refractivity contribution in [3.8, 4) is 0 Å². The Kier molecular flexibility index (Phi) is 16.8. The number of hydrogen-bond donors (Lipinski definition) is 2. The van der Waals surface area contributed by atoms with Crippen LogP contribution in [0.3, 0.4) is 0 Å². The minimum Gasteiger partial charge on any atom is -0.377 e. The molecule has 0 unspecified atom stereocenters. The highest BCUT2D eigenvalue weighted by molar-refractivity contribution is 5.81. The smallest absolute Gasteiger partial charge is 0.246 e. The third-order valence-corrected chi connectivity index (χ3v) is 3.32. The van der Waals surface area contributed by atoms with Crippen molar-refractivity contribution in [3.63, 3.8) is 0 Å². The quantitative estimate of drug-likeness (QED) is 0.315. The summed E-state index contributed by atoms with van der Waals surface area (Å²) >= 11 is 0. The Hall–Kier alpha value is -1.55. The molecule has 0 heterocycles. The predicted molar refractivity (Wildman–Crippen MR) is 99.4 cm³/mol. The molecule has 27 heavy (non-hydrogen) atoms. The van der Waals surface area contributed by atoms with Crippen LogP contribution in [0.4, 0.5) is 0 Å². The molecule has 0 rings (SSSR count). The topological polar surface area (TPSA) is 112 Å². The molecule has 0 spiro atoms. The third kappa shape index (κ3) is 17.6. The van der Waals surface area contributed by atoms with Gasteiger partial charge >= 0.3 is 0 Å². The number of rotatable bonds is 18. The minimum absolute atomic E-state index is 0.00995. The van der Waals surface area contributed by atoms with Crippen LogP contribution in [0.25, 0.3) is 0 Å². The van der Waals surface area contributed by atoms with E-state index in [2.05, 4.69) is 10.6 Å². The summed E-state index contributed by atoms with van der Waals surface area (Å²) in [6, 6.07) is 0. The summed E-state index contributed by atoms with van der Waals surface area (Å²) in [6.45, 7) is 8.49. The normalized spacial score (nSPS) is 10.8. The maximum absolute atomic E-state index is 11.5. The average molecular weight is 390 g/mol. The number of hydrogen-bond acceptors (Lipinski definition) is 7. The SMILES string of the molecule is CCC(=O)NCCOCCOCC(=O)NCCOCCOCC(=O)C(C)C. The number of amides is 2. The summed E-state index contributed by atoms with van der Waals surface area (Å²) in [7, 11) is 0. The first-order chi connectivity index (χ1) is 13.0. The van der Waals surface area contributed by atoms with E-state index in [0.29, 0.717) is 59.2 Å². The van der Waals surface area contributed by atoms with Gasteiger partial charge in [-0.3, -0.25) is 14.4 Å². The van der Waals surface area contributed by atoms with E-state index in [1.54, 1.807) is 6.92 Å². The highest BCUT2D eigenvalue weighted by Crippen LogP contribution is 1.94. The van der Waals surface area contributed by atoms with Gasteiger partial charge in [0.1, 0.15) is 13.2 Å². The van der Waals surface area contributed by atoms with Gasteiger partial charge in [0.2, 0.25) is 11.8 Å². The fraction of sp³-hybridized carbons (Fsp3) is 0.833. The number of carbonyl (C=O) groups excluding carboxylic acids is 3. The first kappa shape index (κ1) is 25.4. The van der Waals surface area contributed by atoms with E-state index in [-0.39, 0.29) is 36.7 Å². The van der Waals surface area contributed by atoms with Crippen molar-refractivity contribution in [1.29, 1.82) is 0 Å². The van der Waals surface area contributed by atoms with Gasteiger partial charge in [-0.1, -0.05) is 20.8 Å². The molecule has 0 saturated carbocycles. The Morgan fingerprint density at radius 2 is 1.19 bits per heavy atom. The average Bonchev–Trinajstić information content (AvgIpc) is 2.65. The van der Waals surface area contributed by atoms with E-state index in [0.717, 1.165) is 0 Å². The number of nitrogens with one attached hydrogen (secondary N) is 2. The standard InChI is InChI=1S/C18H34N2O7/c1-4-17(22)19-5-7-24-10-12-27-14-18(23)20-6-8-25-9-11-26-13-16(21)15(2)3/h15H,4-14H2,1-3H3,(H,19,22)(H,20,23). The zero-order valence-corrected chi connectivity index (χ0v) is 16.7. The molecular formula is C18H34N2O7. The maximum Gasteiger partial charge on any atom is 0.246 e. The Morgan fingerprint density at radius 1 is 0.704 bits per heavy atom. The zero-order valence-electron chi connectivity index (χ0n) is 16.7. The van der Waals surface area contributed by atoms with Gasteiger partial charge in [0, 0.05) is 25.4 Å². The molecule has 0 saturated heterocycles. The maximum atomic E-state index is 11.5. The van der Waals surface area contributed by atoms with Crippen LogP contribution in [0.1, 0.15) is 27.2 Å². The van der Waals surface area contributed by atoms with E-state index in [1.165, 1.54) is 0 Å². The molecule has 0 aromatic rings. The van der Waals surface area contributed by atoms with Gasteiger partial charge in [0.25, 0.3) is 0 Å². The zero-order chi connectivity index (χ0) is 20.3. The van der Waals surface area contributed by atoms with Gasteiger partial charge < -0.3 is 29.6 Å². The molecule has 9 heteroatoms. The Labute approximate surface area is 161 Å². The van der Waals surface area contributed by atoms with Crippen molar-refractivity contribution < 1.29 is 33.3 Å². The van der Waals surface area contributed by atoms with Gasteiger partial charge in [0.15, 0.2) is 5.78 Å². The Bertz CT molecular complexity index is 417. The monoisotopic (exact) mass is 390 g/mol. The lowest BCUT2D eigenvalue weighted by Crippen LogP contribution is -2.31. The lowest BCUT2D eigenvalue weighted by Gasteiger charge is -2.09.